The van der Waals surface area contributed by atoms with E-state index >= 15 is 0 Å². The van der Waals surface area contributed by atoms with E-state index < -0.39 is 11.4 Å². The number of ketones is 1. The Morgan fingerprint density at radius 2 is 1.51 bits per heavy atom. The van der Waals surface area contributed by atoms with E-state index in [9.17, 15) is 14.7 Å². The number of carboxylic acids is 1. The Morgan fingerprint density at radius 1 is 0.829 bits per heavy atom. The van der Waals surface area contributed by atoms with Crippen molar-refractivity contribution in [2.45, 2.75) is 113 Å². The third-order valence-electron chi connectivity index (χ3n) is 14.9. The summed E-state index contributed by atoms with van der Waals surface area (Å²) in [7, 11) is 0. The summed E-state index contributed by atoms with van der Waals surface area (Å²) < 4.78 is 0. The van der Waals surface area contributed by atoms with Crippen molar-refractivity contribution >= 4 is 17.3 Å². The van der Waals surface area contributed by atoms with Gasteiger partial charge in [-0.1, -0.05) is 78.8 Å². The lowest BCUT2D eigenvalue weighted by molar-refractivity contribution is -0.230. The molecule has 0 bridgehead atoms. The molecule has 0 aliphatic heterocycles. The summed E-state index contributed by atoms with van der Waals surface area (Å²) in [6.07, 6.45) is 12.5. The molecule has 0 aromatic heterocycles. The van der Waals surface area contributed by atoms with Crippen molar-refractivity contribution in [3.05, 3.63) is 41.5 Å². The lowest BCUT2D eigenvalue weighted by Gasteiger charge is -2.72. The van der Waals surface area contributed by atoms with Crippen LogP contribution in [0, 0.1) is 62.6 Å². The minimum absolute atomic E-state index is 0.0586. The Kier molecular flexibility index (Phi) is 6.62. The van der Waals surface area contributed by atoms with Crippen molar-refractivity contribution < 1.29 is 14.7 Å². The Balaban J connectivity index is 1.37. The maximum absolute atomic E-state index is 13.0. The number of carbonyl (C=O) groups is 2. The molecule has 0 amide bonds. The number of hydrogen-bond acceptors (Lipinski definition) is 2. The van der Waals surface area contributed by atoms with E-state index in [1.165, 1.54) is 36.8 Å². The molecule has 1 aromatic rings. The van der Waals surface area contributed by atoms with Crippen molar-refractivity contribution in [3.63, 3.8) is 0 Å². The van der Waals surface area contributed by atoms with Gasteiger partial charge in [-0.2, -0.15) is 0 Å². The second kappa shape index (κ2) is 9.30. The Labute approximate surface area is 249 Å². The first-order chi connectivity index (χ1) is 19.1. The summed E-state index contributed by atoms with van der Waals surface area (Å²) in [6, 6.07) is 8.32. The first-order valence-corrected chi connectivity index (χ1v) is 16.7. The van der Waals surface area contributed by atoms with Gasteiger partial charge < -0.3 is 5.11 Å². The van der Waals surface area contributed by atoms with Gasteiger partial charge in [0.25, 0.3) is 0 Å². The van der Waals surface area contributed by atoms with Gasteiger partial charge in [-0.25, -0.2) is 0 Å². The minimum Gasteiger partial charge on any atom is -0.481 e. The topological polar surface area (TPSA) is 54.4 Å². The van der Waals surface area contributed by atoms with Crippen molar-refractivity contribution in [3.8, 4) is 0 Å². The fraction of sp³-hybridized carbons (Fsp3) is 0.737. The lowest BCUT2D eigenvalue weighted by atomic mass is 9.32. The molecule has 1 N–H and O–H groups in total. The Bertz CT molecular complexity index is 1270. The molecule has 224 valence electrons. The molecular formula is C38H54O3. The number of fused-ring (bicyclic) bond motifs is 7. The van der Waals surface area contributed by atoms with Crippen LogP contribution in [-0.2, 0) is 4.79 Å². The van der Waals surface area contributed by atoms with Gasteiger partial charge in [-0.05, 0) is 133 Å². The first kappa shape index (κ1) is 29.2. The number of Topliss-reactive ketones (excluding diaryl/α,β-unsaturated/α-hetero) is 1. The van der Waals surface area contributed by atoms with Gasteiger partial charge in [0.1, 0.15) is 0 Å². The van der Waals surface area contributed by atoms with Gasteiger partial charge >= 0.3 is 5.97 Å². The fourth-order valence-corrected chi connectivity index (χ4v) is 12.7. The van der Waals surface area contributed by atoms with Crippen molar-refractivity contribution in [1.82, 2.24) is 0 Å². The molecule has 0 unspecified atom stereocenters. The number of rotatable bonds is 4. The highest BCUT2D eigenvalue weighted by Crippen LogP contribution is 2.77. The second-order valence-electron chi connectivity index (χ2n) is 16.8. The van der Waals surface area contributed by atoms with Crippen LogP contribution in [0.1, 0.15) is 129 Å². The van der Waals surface area contributed by atoms with Crippen LogP contribution in [-0.4, -0.2) is 16.9 Å². The summed E-state index contributed by atoms with van der Waals surface area (Å²) in [5.41, 5.74) is 3.74. The molecule has 4 fully saturated rings. The number of benzene rings is 1. The largest absolute Gasteiger partial charge is 0.481 e. The first-order valence-electron chi connectivity index (χ1n) is 16.7. The quantitative estimate of drug-likeness (QED) is 0.374. The van der Waals surface area contributed by atoms with Crippen LogP contribution in [0.4, 0.5) is 0 Å². The van der Waals surface area contributed by atoms with Gasteiger partial charge in [0, 0.05) is 5.56 Å². The second-order valence-corrected chi connectivity index (χ2v) is 16.8. The predicted molar refractivity (Wildman–Crippen MR) is 166 cm³/mol. The number of allylic oxidation sites excluding steroid dienone is 2. The summed E-state index contributed by atoms with van der Waals surface area (Å²) in [5, 5.41) is 10.7. The van der Waals surface area contributed by atoms with E-state index in [1.54, 1.807) is 6.92 Å². The summed E-state index contributed by atoms with van der Waals surface area (Å²) in [6.45, 7) is 19.2. The lowest BCUT2D eigenvalue weighted by Crippen LogP contribution is -2.66. The molecule has 3 heteroatoms. The van der Waals surface area contributed by atoms with Gasteiger partial charge in [-0.15, -0.1) is 0 Å². The molecule has 0 spiro atoms. The standard InChI is InChI=1S/C38H54O3/c1-23(2)27-15-20-38(33(40)41)22-21-36(7)29(32(27)38)13-14-31-35(6)18-16-28(26-11-9-25(10-12-26)24(3)39)34(4,5)30(35)17-19-37(31,36)8/h9-12,16,23,27,29-32H,13-15,17-22H2,1-8H3,(H,40,41)/t27-,29+,30-,31+,32+,35-,36+,37+,38-/m0/s1. The van der Waals surface area contributed by atoms with E-state index in [1.807, 2.05) is 12.1 Å². The molecule has 1 aromatic carbocycles. The van der Waals surface area contributed by atoms with E-state index in [-0.39, 0.29) is 27.4 Å². The minimum atomic E-state index is -0.501. The molecule has 41 heavy (non-hydrogen) atoms. The van der Waals surface area contributed by atoms with Gasteiger partial charge in [0.05, 0.1) is 5.41 Å². The molecular weight excluding hydrogens is 504 g/mol. The Hall–Kier alpha value is -1.90. The third kappa shape index (κ3) is 3.75. The number of carbonyl (C=O) groups excluding carboxylic acids is 1. The van der Waals surface area contributed by atoms with Gasteiger partial charge in [-0.3, -0.25) is 9.59 Å². The molecule has 4 saturated carbocycles. The Morgan fingerprint density at radius 3 is 2.12 bits per heavy atom. The highest BCUT2D eigenvalue weighted by molar-refractivity contribution is 5.94. The molecule has 0 radical (unpaired) electrons. The molecule has 9 atom stereocenters. The van der Waals surface area contributed by atoms with E-state index in [2.05, 4.69) is 66.7 Å². The van der Waals surface area contributed by atoms with Crippen LogP contribution in [0.5, 0.6) is 0 Å². The summed E-state index contributed by atoms with van der Waals surface area (Å²) in [4.78, 5) is 24.9. The number of hydrogen-bond donors (Lipinski definition) is 1. The molecule has 0 saturated heterocycles. The smallest absolute Gasteiger partial charge is 0.309 e. The van der Waals surface area contributed by atoms with Crippen LogP contribution >= 0.6 is 0 Å². The normalized spacial score (nSPS) is 44.7. The van der Waals surface area contributed by atoms with Crippen molar-refractivity contribution in [2.75, 3.05) is 0 Å². The van der Waals surface area contributed by atoms with Crippen LogP contribution in [0.15, 0.2) is 30.3 Å². The van der Waals surface area contributed by atoms with Gasteiger partial charge in [0.2, 0.25) is 0 Å². The average molecular weight is 559 g/mol. The van der Waals surface area contributed by atoms with Gasteiger partial charge in [0.15, 0.2) is 5.78 Å². The monoisotopic (exact) mass is 558 g/mol. The van der Waals surface area contributed by atoms with E-state index in [0.29, 0.717) is 35.5 Å². The number of aliphatic carboxylic acids is 1. The van der Waals surface area contributed by atoms with E-state index in [0.717, 1.165) is 37.7 Å². The maximum atomic E-state index is 13.0. The fourth-order valence-electron chi connectivity index (χ4n) is 12.7. The van der Waals surface area contributed by atoms with Crippen LogP contribution < -0.4 is 0 Å². The average Bonchev–Trinajstić information content (AvgIpc) is 3.30. The van der Waals surface area contributed by atoms with Crippen LogP contribution in [0.2, 0.25) is 0 Å². The zero-order valence-corrected chi connectivity index (χ0v) is 27.0. The van der Waals surface area contributed by atoms with Crippen molar-refractivity contribution in [2.24, 2.45) is 62.6 Å². The number of carboxylic acid groups (broad SMARTS) is 1. The predicted octanol–water partition coefficient (Wildman–Crippen LogP) is 9.70. The SMILES string of the molecule is CC(=O)c1ccc(C2=CC[C@]3(C)[C@H]4CC[C@@H]5[C@H]6[C@H](C(C)C)CC[C@]6(C(=O)O)CC[C@@]5(C)[C@]4(C)CC[C@H]3C2(C)C)cc1. The zero-order valence-electron chi connectivity index (χ0n) is 27.0. The highest BCUT2D eigenvalue weighted by atomic mass is 16.4. The molecule has 3 nitrogen and oxygen atoms in total. The van der Waals surface area contributed by atoms with Crippen molar-refractivity contribution in [1.29, 1.82) is 0 Å². The van der Waals surface area contributed by atoms with Crippen LogP contribution in [0.25, 0.3) is 5.57 Å². The summed E-state index contributed by atoms with van der Waals surface area (Å²) >= 11 is 0. The van der Waals surface area contributed by atoms with Crippen LogP contribution in [0.3, 0.4) is 0 Å². The maximum Gasteiger partial charge on any atom is 0.309 e. The highest BCUT2D eigenvalue weighted by Gasteiger charge is 2.71. The third-order valence-corrected chi connectivity index (χ3v) is 14.9. The summed E-state index contributed by atoms with van der Waals surface area (Å²) in [5.74, 6) is 2.82. The molecule has 5 aliphatic rings. The zero-order chi connectivity index (χ0) is 29.8. The molecule has 6 rings (SSSR count). The van der Waals surface area contributed by atoms with E-state index in [4.69, 9.17) is 0 Å². The molecule has 0 heterocycles. The molecule has 5 aliphatic carbocycles.